The van der Waals surface area contributed by atoms with Crippen molar-refractivity contribution in [1.82, 2.24) is 4.98 Å². The summed E-state index contributed by atoms with van der Waals surface area (Å²) < 4.78 is 5.08. The molecule has 1 amide bonds. The highest BCUT2D eigenvalue weighted by atomic mass is 35.5. The Balaban J connectivity index is 2.02. The first-order valence-corrected chi connectivity index (χ1v) is 7.79. The summed E-state index contributed by atoms with van der Waals surface area (Å²) in [4.78, 5) is 28.0. The molecule has 1 heterocycles. The van der Waals surface area contributed by atoms with Gasteiger partial charge < -0.3 is 15.8 Å². The second kappa shape index (κ2) is 7.70. The van der Waals surface area contributed by atoms with Crippen molar-refractivity contribution in [2.24, 2.45) is 0 Å². The monoisotopic (exact) mass is 387 g/mol. The number of benzene rings is 1. The van der Waals surface area contributed by atoms with Gasteiger partial charge in [0.25, 0.3) is 5.91 Å². The van der Waals surface area contributed by atoms with Crippen molar-refractivity contribution in [1.29, 1.82) is 0 Å². The molecular weight excluding hydrogens is 377 g/mol. The van der Waals surface area contributed by atoms with Crippen molar-refractivity contribution in [2.75, 3.05) is 11.1 Å². The predicted molar refractivity (Wildman–Crippen MR) is 93.6 cm³/mol. The van der Waals surface area contributed by atoms with Gasteiger partial charge in [-0.15, -0.1) is 0 Å². The number of esters is 1. The van der Waals surface area contributed by atoms with Crippen LogP contribution in [0.1, 0.15) is 17.3 Å². The Bertz CT molecular complexity index is 799. The lowest BCUT2D eigenvalue weighted by molar-refractivity contribution is -0.123. The van der Waals surface area contributed by atoms with E-state index >= 15 is 0 Å². The lowest BCUT2D eigenvalue weighted by Crippen LogP contribution is -2.30. The molecule has 3 N–H and O–H groups in total. The summed E-state index contributed by atoms with van der Waals surface area (Å²) in [6.45, 7) is 1.41. The number of amides is 1. The van der Waals surface area contributed by atoms with Crippen LogP contribution in [0, 0.1) is 0 Å². The van der Waals surface area contributed by atoms with Crippen LogP contribution in [0.2, 0.25) is 15.1 Å². The third-order valence-electron chi connectivity index (χ3n) is 2.93. The average Bonchev–Trinajstić information content (AvgIpc) is 2.52. The highest BCUT2D eigenvalue weighted by Crippen LogP contribution is 2.23. The van der Waals surface area contributed by atoms with Gasteiger partial charge in [0.05, 0.1) is 26.3 Å². The van der Waals surface area contributed by atoms with Gasteiger partial charge in [0.2, 0.25) is 0 Å². The summed E-state index contributed by atoms with van der Waals surface area (Å²) >= 11 is 17.4. The maximum atomic E-state index is 12.1. The Morgan fingerprint density at radius 1 is 1.21 bits per heavy atom. The van der Waals surface area contributed by atoms with Gasteiger partial charge in [-0.2, -0.15) is 0 Å². The molecule has 2 aromatic rings. The number of aromatic nitrogens is 1. The Kier molecular flexibility index (Phi) is 5.88. The van der Waals surface area contributed by atoms with E-state index in [4.69, 9.17) is 45.3 Å². The predicted octanol–water partition coefficient (Wildman–Crippen LogP) is 3.81. The van der Waals surface area contributed by atoms with E-state index in [0.717, 1.165) is 0 Å². The summed E-state index contributed by atoms with van der Waals surface area (Å²) in [6.07, 6.45) is 0.249. The fourth-order valence-corrected chi connectivity index (χ4v) is 2.22. The molecule has 0 fully saturated rings. The largest absolute Gasteiger partial charge is 0.449 e. The van der Waals surface area contributed by atoms with Crippen LogP contribution in [0.5, 0.6) is 0 Å². The van der Waals surface area contributed by atoms with Crippen LogP contribution in [-0.4, -0.2) is 23.0 Å². The molecule has 24 heavy (non-hydrogen) atoms. The number of anilines is 2. The van der Waals surface area contributed by atoms with Crippen molar-refractivity contribution >= 4 is 58.2 Å². The summed E-state index contributed by atoms with van der Waals surface area (Å²) in [5.74, 6) is -1.19. The molecule has 0 aliphatic rings. The number of nitrogens with one attached hydrogen (secondary N) is 1. The third-order valence-corrected chi connectivity index (χ3v) is 3.77. The molecule has 1 aromatic carbocycles. The van der Waals surface area contributed by atoms with Crippen LogP contribution in [0.3, 0.4) is 0 Å². The normalized spacial score (nSPS) is 11.7. The first-order chi connectivity index (χ1) is 11.3. The minimum atomic E-state index is -1.08. The summed E-state index contributed by atoms with van der Waals surface area (Å²) in [5, 5.41) is 3.27. The number of halogens is 3. The zero-order valence-corrected chi connectivity index (χ0v) is 14.6. The molecule has 0 radical (unpaired) electrons. The van der Waals surface area contributed by atoms with E-state index in [1.54, 1.807) is 0 Å². The zero-order chi connectivity index (χ0) is 17.9. The molecule has 0 spiro atoms. The molecule has 1 aromatic heterocycles. The standard InChI is InChI=1S/C15H12Cl3N3O3/c1-7(14(22)21-13-11(18)5-9(16)6-20-13)24-15(23)8-2-3-10(17)12(19)4-8/h2-7H,19H2,1H3,(H,20,21,22). The second-order valence-electron chi connectivity index (χ2n) is 4.76. The van der Waals surface area contributed by atoms with Crippen LogP contribution in [0.4, 0.5) is 11.5 Å². The smallest absolute Gasteiger partial charge is 0.338 e. The second-order valence-corrected chi connectivity index (χ2v) is 6.01. The summed E-state index contributed by atoms with van der Waals surface area (Å²) in [6, 6.07) is 5.71. The topological polar surface area (TPSA) is 94.3 Å². The van der Waals surface area contributed by atoms with E-state index in [-0.39, 0.29) is 22.1 Å². The van der Waals surface area contributed by atoms with Crippen LogP contribution in [-0.2, 0) is 9.53 Å². The Morgan fingerprint density at radius 2 is 1.92 bits per heavy atom. The lowest BCUT2D eigenvalue weighted by Gasteiger charge is -2.14. The van der Waals surface area contributed by atoms with Crippen LogP contribution in [0.25, 0.3) is 0 Å². The molecule has 2 rings (SSSR count). The number of hydrogen-bond donors (Lipinski definition) is 2. The van der Waals surface area contributed by atoms with Crippen LogP contribution in [0.15, 0.2) is 30.5 Å². The molecule has 0 bridgehead atoms. The van der Waals surface area contributed by atoms with Gasteiger partial charge >= 0.3 is 5.97 Å². The van der Waals surface area contributed by atoms with Gasteiger partial charge in [-0.3, -0.25) is 4.79 Å². The maximum absolute atomic E-state index is 12.1. The van der Waals surface area contributed by atoms with E-state index in [0.29, 0.717) is 10.0 Å². The van der Waals surface area contributed by atoms with Crippen molar-refractivity contribution < 1.29 is 14.3 Å². The number of nitrogens with two attached hydrogens (primary N) is 1. The summed E-state index contributed by atoms with van der Waals surface area (Å²) in [5.41, 5.74) is 6.04. The Labute approximate surface area is 152 Å². The number of hydrogen-bond acceptors (Lipinski definition) is 5. The number of carbonyl (C=O) groups is 2. The lowest BCUT2D eigenvalue weighted by atomic mass is 10.2. The summed E-state index contributed by atoms with van der Waals surface area (Å²) in [7, 11) is 0. The van der Waals surface area contributed by atoms with E-state index in [2.05, 4.69) is 10.3 Å². The molecule has 126 valence electrons. The zero-order valence-electron chi connectivity index (χ0n) is 12.3. The molecule has 0 saturated heterocycles. The van der Waals surface area contributed by atoms with Gasteiger partial charge in [-0.1, -0.05) is 34.8 Å². The average molecular weight is 389 g/mol. The molecule has 9 heteroatoms. The van der Waals surface area contributed by atoms with E-state index < -0.39 is 18.0 Å². The van der Waals surface area contributed by atoms with Crippen molar-refractivity contribution in [2.45, 2.75) is 13.0 Å². The fraction of sp³-hybridized carbons (Fsp3) is 0.133. The van der Waals surface area contributed by atoms with Gasteiger partial charge in [-0.25, -0.2) is 9.78 Å². The number of carbonyl (C=O) groups excluding carboxylic acids is 2. The molecule has 0 aliphatic carbocycles. The van der Waals surface area contributed by atoms with E-state index in [1.165, 1.54) is 37.4 Å². The molecule has 0 saturated carbocycles. The van der Waals surface area contributed by atoms with Crippen LogP contribution < -0.4 is 11.1 Å². The highest BCUT2D eigenvalue weighted by molar-refractivity contribution is 6.36. The molecule has 6 nitrogen and oxygen atoms in total. The Morgan fingerprint density at radius 3 is 2.54 bits per heavy atom. The number of nitrogens with zero attached hydrogens (tertiary/aromatic N) is 1. The van der Waals surface area contributed by atoms with Crippen molar-refractivity contribution in [3.63, 3.8) is 0 Å². The first-order valence-electron chi connectivity index (χ1n) is 6.66. The van der Waals surface area contributed by atoms with Crippen molar-refractivity contribution in [3.8, 4) is 0 Å². The minimum absolute atomic E-state index is 0.115. The molecule has 1 atom stereocenters. The van der Waals surface area contributed by atoms with E-state index in [9.17, 15) is 9.59 Å². The Hall–Kier alpha value is -2.02. The number of ether oxygens (including phenoxy) is 1. The number of pyridine rings is 1. The highest BCUT2D eigenvalue weighted by Gasteiger charge is 2.20. The van der Waals surface area contributed by atoms with Gasteiger partial charge in [-0.05, 0) is 31.2 Å². The molecule has 0 aliphatic heterocycles. The first kappa shape index (κ1) is 18.3. The number of nitrogen functional groups attached to an aromatic ring is 1. The van der Waals surface area contributed by atoms with Gasteiger partial charge in [0.1, 0.15) is 0 Å². The maximum Gasteiger partial charge on any atom is 0.338 e. The minimum Gasteiger partial charge on any atom is -0.449 e. The SMILES string of the molecule is CC(OC(=O)c1ccc(Cl)c(N)c1)C(=O)Nc1ncc(Cl)cc1Cl. The quantitative estimate of drug-likeness (QED) is 0.613. The van der Waals surface area contributed by atoms with Crippen molar-refractivity contribution in [3.05, 3.63) is 51.1 Å². The third kappa shape index (κ3) is 4.50. The number of rotatable bonds is 4. The van der Waals surface area contributed by atoms with Crippen LogP contribution >= 0.6 is 34.8 Å². The fourth-order valence-electron chi connectivity index (χ4n) is 1.68. The van der Waals surface area contributed by atoms with Gasteiger partial charge in [0, 0.05) is 6.20 Å². The molecule has 1 unspecified atom stereocenters. The van der Waals surface area contributed by atoms with Gasteiger partial charge in [0.15, 0.2) is 11.9 Å². The molecular formula is C15H12Cl3N3O3. The van der Waals surface area contributed by atoms with E-state index in [1.807, 2.05) is 0 Å².